The largest absolute Gasteiger partial charge is 0.306 e. The number of hydrogen-bond acceptors (Lipinski definition) is 3. The maximum atomic E-state index is 5.46. The Morgan fingerprint density at radius 1 is 0.489 bits per heavy atom. The van der Waals surface area contributed by atoms with Crippen LogP contribution in [0.3, 0.4) is 0 Å². The number of rotatable bonds is 4. The average molecular weight is 608 g/mol. The van der Waals surface area contributed by atoms with Crippen molar-refractivity contribution >= 4 is 45.0 Å². The summed E-state index contributed by atoms with van der Waals surface area (Å²) in [4.78, 5) is 10.2. The van der Waals surface area contributed by atoms with Crippen molar-refractivity contribution in [3.8, 4) is 22.4 Å². The van der Waals surface area contributed by atoms with E-state index in [0.717, 1.165) is 56.3 Å². The van der Waals surface area contributed by atoms with E-state index in [1.807, 2.05) is 0 Å². The number of hydrogen-bond donors (Lipinski definition) is 0. The number of para-hydroxylation sites is 6. The lowest BCUT2D eigenvalue weighted by molar-refractivity contribution is 0.590. The smallest absolute Gasteiger partial charge is 0.0956 e. The normalized spacial score (nSPS) is 12.6. The molecule has 0 saturated heterocycles. The molecule has 0 bridgehead atoms. The molecule has 7 aromatic rings. The molecule has 0 radical (unpaired) electrons. The summed E-state index contributed by atoms with van der Waals surface area (Å²) in [5.74, 6) is 0. The highest BCUT2D eigenvalue weighted by molar-refractivity contribution is 6.09. The fourth-order valence-electron chi connectivity index (χ4n) is 6.73. The summed E-state index contributed by atoms with van der Waals surface area (Å²) in [6, 6.07) is 54.6. The maximum Gasteiger partial charge on any atom is 0.0956 e. The molecule has 0 unspecified atom stereocenters. The van der Waals surface area contributed by atoms with Gasteiger partial charge >= 0.3 is 0 Å². The molecule has 3 heteroatoms. The van der Waals surface area contributed by atoms with Crippen molar-refractivity contribution in [2.75, 3.05) is 9.80 Å². The summed E-state index contributed by atoms with van der Waals surface area (Å²) >= 11 is 0. The summed E-state index contributed by atoms with van der Waals surface area (Å²) in [5.41, 5.74) is 14.7. The number of aromatic nitrogens is 1. The van der Waals surface area contributed by atoms with E-state index in [1.165, 1.54) is 22.3 Å². The fraction of sp³-hybridized carbons (Fsp3) is 0.114. The van der Waals surface area contributed by atoms with Gasteiger partial charge in [0, 0.05) is 16.6 Å². The molecule has 2 heterocycles. The third kappa shape index (κ3) is 5.05. The third-order valence-electron chi connectivity index (χ3n) is 9.21. The summed E-state index contributed by atoms with van der Waals surface area (Å²) in [6.07, 6.45) is 0. The number of benzene rings is 6. The minimum absolute atomic E-state index is 0.0851. The predicted octanol–water partition coefficient (Wildman–Crippen LogP) is 12.4. The van der Waals surface area contributed by atoms with Crippen LogP contribution in [0.4, 0.5) is 34.1 Å². The maximum absolute atomic E-state index is 5.46. The second-order valence-corrected chi connectivity index (χ2v) is 13.4. The third-order valence-corrected chi connectivity index (χ3v) is 9.21. The van der Waals surface area contributed by atoms with Crippen molar-refractivity contribution in [2.24, 2.45) is 0 Å². The van der Waals surface area contributed by atoms with Gasteiger partial charge in [-0.1, -0.05) is 129 Å². The molecule has 0 N–H and O–H groups in total. The first-order valence-electron chi connectivity index (χ1n) is 16.3. The number of fused-ring (bicyclic) bond motifs is 3. The molecule has 0 aliphatic carbocycles. The lowest BCUT2D eigenvalue weighted by Gasteiger charge is -2.40. The molecule has 0 amide bonds. The Morgan fingerprint density at radius 3 is 1.62 bits per heavy atom. The van der Waals surface area contributed by atoms with Crippen LogP contribution >= 0.6 is 0 Å². The van der Waals surface area contributed by atoms with Gasteiger partial charge in [0.1, 0.15) is 0 Å². The van der Waals surface area contributed by atoms with Crippen molar-refractivity contribution in [1.82, 2.24) is 4.98 Å². The van der Waals surface area contributed by atoms with Crippen molar-refractivity contribution in [2.45, 2.75) is 33.1 Å². The summed E-state index contributed by atoms with van der Waals surface area (Å²) in [5, 5.41) is 1.13. The summed E-state index contributed by atoms with van der Waals surface area (Å²) in [7, 11) is 0. The van der Waals surface area contributed by atoms with E-state index in [9.17, 15) is 0 Å². The summed E-state index contributed by atoms with van der Waals surface area (Å²) in [6.45, 7) is 8.92. The topological polar surface area (TPSA) is 19.4 Å². The van der Waals surface area contributed by atoms with Gasteiger partial charge in [0.2, 0.25) is 0 Å². The molecule has 47 heavy (non-hydrogen) atoms. The molecule has 0 fully saturated rings. The fourth-order valence-corrected chi connectivity index (χ4v) is 6.73. The van der Waals surface area contributed by atoms with E-state index < -0.39 is 0 Å². The average Bonchev–Trinajstić information content (AvgIpc) is 3.10. The van der Waals surface area contributed by atoms with Crippen LogP contribution in [0.1, 0.15) is 31.9 Å². The molecule has 228 valence electrons. The molecule has 8 rings (SSSR count). The molecule has 3 nitrogen and oxygen atoms in total. The Balaban J connectivity index is 1.40. The molecule has 6 aromatic carbocycles. The minimum atomic E-state index is 0.0851. The number of aryl methyl sites for hydroxylation is 1. The molecule has 1 aromatic heterocycles. The van der Waals surface area contributed by atoms with Crippen LogP contribution < -0.4 is 9.80 Å². The van der Waals surface area contributed by atoms with Crippen LogP contribution in [-0.4, -0.2) is 4.98 Å². The first-order chi connectivity index (χ1) is 22.9. The van der Waals surface area contributed by atoms with Gasteiger partial charge in [-0.2, -0.15) is 0 Å². The van der Waals surface area contributed by atoms with Gasteiger partial charge in [-0.25, -0.2) is 4.98 Å². The monoisotopic (exact) mass is 607 g/mol. The SMILES string of the molecule is Cc1ccc(-c2cc(-c3ccc(C(C)(C)C)cc3)c3cccc(N4c5ccccc5N(c5ccccc5)c5ccccc54)c3n2)cc1. The molecular weight excluding hydrogens is 571 g/mol. The number of anilines is 6. The highest BCUT2D eigenvalue weighted by Gasteiger charge is 2.31. The highest BCUT2D eigenvalue weighted by atomic mass is 15.3. The number of nitrogens with zero attached hydrogens (tertiary/aromatic N) is 3. The van der Waals surface area contributed by atoms with Crippen LogP contribution in [0, 0.1) is 6.92 Å². The zero-order chi connectivity index (χ0) is 32.1. The van der Waals surface area contributed by atoms with Gasteiger partial charge < -0.3 is 9.80 Å². The Bertz CT molecular complexity index is 2180. The van der Waals surface area contributed by atoms with Crippen LogP contribution in [0.15, 0.2) is 152 Å². The zero-order valence-corrected chi connectivity index (χ0v) is 27.3. The zero-order valence-electron chi connectivity index (χ0n) is 27.3. The molecular formula is C44H37N3. The van der Waals surface area contributed by atoms with E-state index >= 15 is 0 Å². The predicted molar refractivity (Wildman–Crippen MR) is 199 cm³/mol. The Morgan fingerprint density at radius 2 is 1.02 bits per heavy atom. The van der Waals surface area contributed by atoms with Gasteiger partial charge in [-0.05, 0) is 77.6 Å². The van der Waals surface area contributed by atoms with Crippen molar-refractivity contribution in [3.63, 3.8) is 0 Å². The minimum Gasteiger partial charge on any atom is -0.306 e. The quantitative estimate of drug-likeness (QED) is 0.198. The first kappa shape index (κ1) is 28.8. The Kier molecular flexibility index (Phi) is 6.91. The van der Waals surface area contributed by atoms with Crippen LogP contribution in [0.2, 0.25) is 0 Å². The van der Waals surface area contributed by atoms with Crippen molar-refractivity contribution in [1.29, 1.82) is 0 Å². The van der Waals surface area contributed by atoms with Gasteiger partial charge in [-0.3, -0.25) is 0 Å². The second kappa shape index (κ2) is 11.3. The standard InChI is InChI=1S/C44H37N3/c1-30-21-23-32(24-22-30)37-29-36(31-25-27-33(28-26-31)44(2,3)4)35-15-12-20-42(43(35)45-37)47-40-18-10-8-16-38(40)46(34-13-6-5-7-14-34)39-17-9-11-19-41(39)47/h5-29H,1-4H3. The highest BCUT2D eigenvalue weighted by Crippen LogP contribution is 2.55. The van der Waals surface area contributed by atoms with Crippen LogP contribution in [-0.2, 0) is 5.41 Å². The molecule has 0 atom stereocenters. The Hall–Kier alpha value is -5.67. The lowest BCUT2D eigenvalue weighted by Crippen LogP contribution is -2.24. The van der Waals surface area contributed by atoms with E-state index in [4.69, 9.17) is 4.98 Å². The first-order valence-corrected chi connectivity index (χ1v) is 16.3. The van der Waals surface area contributed by atoms with Gasteiger partial charge in [0.25, 0.3) is 0 Å². The van der Waals surface area contributed by atoms with E-state index in [-0.39, 0.29) is 5.41 Å². The molecule has 0 saturated carbocycles. The van der Waals surface area contributed by atoms with Crippen LogP contribution in [0.25, 0.3) is 33.3 Å². The number of pyridine rings is 1. The van der Waals surface area contributed by atoms with E-state index in [1.54, 1.807) is 0 Å². The van der Waals surface area contributed by atoms with Gasteiger partial charge in [-0.15, -0.1) is 0 Å². The van der Waals surface area contributed by atoms with Crippen molar-refractivity contribution in [3.05, 3.63) is 163 Å². The second-order valence-electron chi connectivity index (χ2n) is 13.4. The summed E-state index contributed by atoms with van der Waals surface area (Å²) < 4.78 is 0. The molecule has 0 spiro atoms. The Labute approximate surface area is 277 Å². The van der Waals surface area contributed by atoms with Crippen molar-refractivity contribution < 1.29 is 0 Å². The van der Waals surface area contributed by atoms with Gasteiger partial charge in [0.05, 0.1) is 39.6 Å². The molecule has 1 aliphatic rings. The lowest BCUT2D eigenvalue weighted by atomic mass is 9.86. The van der Waals surface area contributed by atoms with Crippen LogP contribution in [0.5, 0.6) is 0 Å². The van der Waals surface area contributed by atoms with E-state index in [0.29, 0.717) is 0 Å². The van der Waals surface area contributed by atoms with E-state index in [2.05, 4.69) is 189 Å². The molecule has 1 aliphatic heterocycles. The van der Waals surface area contributed by atoms with Gasteiger partial charge in [0.15, 0.2) is 0 Å².